The summed E-state index contributed by atoms with van der Waals surface area (Å²) >= 11 is 0. The second-order valence-electron chi connectivity index (χ2n) is 4.45. The quantitative estimate of drug-likeness (QED) is 0.628. The molecule has 102 valence electrons. The largest absolute Gasteiger partial charge is 0.382 e. The van der Waals surface area contributed by atoms with Crippen molar-refractivity contribution in [1.29, 1.82) is 0 Å². The molecule has 1 aromatic heterocycles. The molecule has 0 fully saturated rings. The zero-order valence-corrected chi connectivity index (χ0v) is 11.4. The minimum Gasteiger partial charge on any atom is -0.382 e. The first-order valence-corrected chi connectivity index (χ1v) is 6.26. The molecular formula is C13H22N2O3. The van der Waals surface area contributed by atoms with Crippen molar-refractivity contribution in [2.75, 3.05) is 26.9 Å². The van der Waals surface area contributed by atoms with Crippen molar-refractivity contribution in [2.45, 2.75) is 32.7 Å². The summed E-state index contributed by atoms with van der Waals surface area (Å²) in [5.41, 5.74) is 0.825. The minimum atomic E-state index is 0.154. The van der Waals surface area contributed by atoms with Crippen LogP contribution >= 0.6 is 0 Å². The van der Waals surface area contributed by atoms with Crippen LogP contribution in [-0.2, 0) is 20.7 Å². The van der Waals surface area contributed by atoms with Gasteiger partial charge in [-0.25, -0.2) is 0 Å². The summed E-state index contributed by atoms with van der Waals surface area (Å²) in [6.45, 7) is 5.66. The van der Waals surface area contributed by atoms with E-state index in [1.165, 1.54) is 0 Å². The van der Waals surface area contributed by atoms with Crippen LogP contribution in [0.1, 0.15) is 32.0 Å². The number of hydrogen-bond acceptors (Lipinski definition) is 4. The number of Topliss-reactive ketones (excluding diaryl/α,β-unsaturated/α-hetero) is 1. The highest BCUT2D eigenvalue weighted by atomic mass is 16.5. The van der Waals surface area contributed by atoms with Gasteiger partial charge in [0.1, 0.15) is 5.78 Å². The van der Waals surface area contributed by atoms with Crippen molar-refractivity contribution in [3.8, 4) is 0 Å². The predicted molar refractivity (Wildman–Crippen MR) is 68.6 cm³/mol. The van der Waals surface area contributed by atoms with Crippen molar-refractivity contribution in [2.24, 2.45) is 0 Å². The van der Waals surface area contributed by atoms with Gasteiger partial charge < -0.3 is 9.47 Å². The van der Waals surface area contributed by atoms with Gasteiger partial charge in [0.15, 0.2) is 0 Å². The van der Waals surface area contributed by atoms with Crippen LogP contribution in [-0.4, -0.2) is 42.5 Å². The van der Waals surface area contributed by atoms with Gasteiger partial charge in [-0.3, -0.25) is 9.48 Å². The fourth-order valence-electron chi connectivity index (χ4n) is 1.48. The van der Waals surface area contributed by atoms with E-state index in [0.29, 0.717) is 38.7 Å². The molecule has 1 aromatic rings. The van der Waals surface area contributed by atoms with E-state index in [1.807, 2.05) is 16.9 Å². The third kappa shape index (κ3) is 5.42. The van der Waals surface area contributed by atoms with E-state index in [-0.39, 0.29) is 5.78 Å². The van der Waals surface area contributed by atoms with E-state index >= 15 is 0 Å². The summed E-state index contributed by atoms with van der Waals surface area (Å²) in [5, 5.41) is 4.34. The lowest BCUT2D eigenvalue weighted by molar-refractivity contribution is -0.119. The molecule has 0 unspecified atom stereocenters. The number of carbonyl (C=O) groups excluding carboxylic acids is 1. The van der Waals surface area contributed by atoms with Gasteiger partial charge in [0.2, 0.25) is 0 Å². The van der Waals surface area contributed by atoms with Crippen molar-refractivity contribution < 1.29 is 14.3 Å². The summed E-state index contributed by atoms with van der Waals surface area (Å²) in [4.78, 5) is 11.7. The molecule has 1 heterocycles. The summed E-state index contributed by atoms with van der Waals surface area (Å²) in [6.07, 6.45) is 2.72. The molecule has 18 heavy (non-hydrogen) atoms. The standard InChI is InChI=1S/C13H22N2O3/c1-11(2)15-6-4-12(14-15)10-13(16)5-7-18-9-8-17-3/h4,6,11H,5,7-10H2,1-3H3. The Morgan fingerprint density at radius 1 is 1.39 bits per heavy atom. The van der Waals surface area contributed by atoms with Crippen LogP contribution in [0.25, 0.3) is 0 Å². The second-order valence-corrected chi connectivity index (χ2v) is 4.45. The molecule has 0 aliphatic heterocycles. The molecule has 0 N–H and O–H groups in total. The Morgan fingerprint density at radius 2 is 2.17 bits per heavy atom. The molecule has 0 atom stereocenters. The molecule has 0 saturated carbocycles. The molecule has 0 radical (unpaired) electrons. The molecule has 0 amide bonds. The first kappa shape index (κ1) is 14.9. The van der Waals surface area contributed by atoms with Crippen LogP contribution in [0.15, 0.2) is 12.3 Å². The number of methoxy groups -OCH3 is 1. The van der Waals surface area contributed by atoms with E-state index in [1.54, 1.807) is 7.11 Å². The molecule has 1 rings (SSSR count). The van der Waals surface area contributed by atoms with Gasteiger partial charge in [-0.05, 0) is 19.9 Å². The van der Waals surface area contributed by atoms with E-state index in [9.17, 15) is 4.79 Å². The highest BCUT2D eigenvalue weighted by molar-refractivity contribution is 5.80. The van der Waals surface area contributed by atoms with Crippen LogP contribution in [0.5, 0.6) is 0 Å². The van der Waals surface area contributed by atoms with Gasteiger partial charge >= 0.3 is 0 Å². The lowest BCUT2D eigenvalue weighted by Crippen LogP contribution is -2.10. The lowest BCUT2D eigenvalue weighted by atomic mass is 10.2. The molecule has 0 aliphatic rings. The zero-order chi connectivity index (χ0) is 13.4. The van der Waals surface area contributed by atoms with Gasteiger partial charge in [0, 0.05) is 25.8 Å². The van der Waals surface area contributed by atoms with E-state index in [4.69, 9.17) is 9.47 Å². The average molecular weight is 254 g/mol. The lowest BCUT2D eigenvalue weighted by Gasteiger charge is -2.04. The number of aromatic nitrogens is 2. The fraction of sp³-hybridized carbons (Fsp3) is 0.692. The molecule has 0 saturated heterocycles. The van der Waals surface area contributed by atoms with Gasteiger partial charge in [-0.2, -0.15) is 5.10 Å². The van der Waals surface area contributed by atoms with E-state index in [0.717, 1.165) is 5.69 Å². The van der Waals surface area contributed by atoms with Crippen LogP contribution in [0.3, 0.4) is 0 Å². The van der Waals surface area contributed by atoms with Crippen molar-refractivity contribution in [3.63, 3.8) is 0 Å². The Labute approximate surface area is 108 Å². The maximum Gasteiger partial charge on any atom is 0.141 e. The maximum absolute atomic E-state index is 11.7. The number of ketones is 1. The second kappa shape index (κ2) is 8.00. The van der Waals surface area contributed by atoms with E-state index < -0.39 is 0 Å². The number of nitrogens with zero attached hydrogens (tertiary/aromatic N) is 2. The Bertz CT molecular complexity index is 361. The monoisotopic (exact) mass is 254 g/mol. The smallest absolute Gasteiger partial charge is 0.141 e. The molecule has 5 nitrogen and oxygen atoms in total. The molecule has 0 spiro atoms. The number of ether oxygens (including phenoxy) is 2. The van der Waals surface area contributed by atoms with Crippen LogP contribution < -0.4 is 0 Å². The molecule has 5 heteroatoms. The number of hydrogen-bond donors (Lipinski definition) is 0. The zero-order valence-electron chi connectivity index (χ0n) is 11.4. The van der Waals surface area contributed by atoms with Crippen molar-refractivity contribution >= 4 is 5.78 Å². The van der Waals surface area contributed by atoms with Gasteiger partial charge in [0.05, 0.1) is 31.9 Å². The van der Waals surface area contributed by atoms with Gasteiger partial charge in [-0.15, -0.1) is 0 Å². The highest BCUT2D eigenvalue weighted by Crippen LogP contribution is 2.05. The highest BCUT2D eigenvalue weighted by Gasteiger charge is 2.07. The minimum absolute atomic E-state index is 0.154. The molecular weight excluding hydrogens is 232 g/mol. The molecule has 0 bridgehead atoms. The number of carbonyl (C=O) groups is 1. The Balaban J connectivity index is 2.22. The molecule has 0 aromatic carbocycles. The van der Waals surface area contributed by atoms with E-state index in [2.05, 4.69) is 18.9 Å². The average Bonchev–Trinajstić information content (AvgIpc) is 2.77. The van der Waals surface area contributed by atoms with Crippen LogP contribution in [0, 0.1) is 0 Å². The first-order chi connectivity index (χ1) is 8.63. The third-order valence-corrected chi connectivity index (χ3v) is 2.53. The van der Waals surface area contributed by atoms with Crippen molar-refractivity contribution in [1.82, 2.24) is 9.78 Å². The summed E-state index contributed by atoms with van der Waals surface area (Å²) in [7, 11) is 1.62. The Kier molecular flexibility index (Phi) is 6.60. The van der Waals surface area contributed by atoms with Gasteiger partial charge in [0.25, 0.3) is 0 Å². The summed E-state index contributed by atoms with van der Waals surface area (Å²) in [5.74, 6) is 0.154. The maximum atomic E-state index is 11.7. The summed E-state index contributed by atoms with van der Waals surface area (Å²) in [6, 6.07) is 2.22. The van der Waals surface area contributed by atoms with Crippen LogP contribution in [0.4, 0.5) is 0 Å². The number of rotatable bonds is 9. The summed E-state index contributed by atoms with van der Waals surface area (Å²) < 4.78 is 12.0. The van der Waals surface area contributed by atoms with Gasteiger partial charge in [-0.1, -0.05) is 0 Å². The third-order valence-electron chi connectivity index (χ3n) is 2.53. The molecule has 0 aliphatic carbocycles. The van der Waals surface area contributed by atoms with Crippen LogP contribution in [0.2, 0.25) is 0 Å². The first-order valence-electron chi connectivity index (χ1n) is 6.26. The SMILES string of the molecule is COCCOCCC(=O)Cc1ccn(C(C)C)n1. The Hall–Kier alpha value is -1.20. The predicted octanol–water partition coefficient (Wildman–Crippen LogP) is 1.63. The normalized spacial score (nSPS) is 11.1. The fourth-order valence-corrected chi connectivity index (χ4v) is 1.48. The topological polar surface area (TPSA) is 53.4 Å². The Morgan fingerprint density at radius 3 is 2.78 bits per heavy atom. The van der Waals surface area contributed by atoms with Crippen molar-refractivity contribution in [3.05, 3.63) is 18.0 Å².